The van der Waals surface area contributed by atoms with Crippen molar-refractivity contribution in [3.63, 3.8) is 0 Å². The highest BCUT2D eigenvalue weighted by Crippen LogP contribution is 2.29. The lowest BCUT2D eigenvalue weighted by Crippen LogP contribution is -2.42. The number of alkyl halides is 3. The molecule has 1 aliphatic heterocycles. The smallest absolute Gasteiger partial charge is 0.370 e. The van der Waals surface area contributed by atoms with Gasteiger partial charge in [0, 0.05) is 31.1 Å². The molecule has 0 aromatic heterocycles. The molecule has 0 radical (unpaired) electrons. The Morgan fingerprint density at radius 3 is 2.32 bits per heavy atom. The lowest BCUT2D eigenvalue weighted by Gasteiger charge is -2.27. The van der Waals surface area contributed by atoms with E-state index in [4.69, 9.17) is 5.73 Å². The SMILES string of the molecule is I.NC(=NCCc1ccc(C(F)(F)F)cc1)N1CCSCC1. The predicted molar refractivity (Wildman–Crippen MR) is 96.0 cm³/mol. The predicted octanol–water partition coefficient (Wildman–Crippen LogP) is 3.23. The highest BCUT2D eigenvalue weighted by atomic mass is 127. The van der Waals surface area contributed by atoms with Gasteiger partial charge < -0.3 is 10.6 Å². The van der Waals surface area contributed by atoms with Gasteiger partial charge >= 0.3 is 6.18 Å². The van der Waals surface area contributed by atoms with Gasteiger partial charge in [-0.3, -0.25) is 4.99 Å². The molecule has 0 spiro atoms. The Labute approximate surface area is 149 Å². The summed E-state index contributed by atoms with van der Waals surface area (Å²) in [6.07, 6.45) is -3.70. The molecule has 3 nitrogen and oxygen atoms in total. The molecule has 1 aliphatic rings. The maximum Gasteiger partial charge on any atom is 0.416 e. The number of nitrogens with zero attached hydrogens (tertiary/aromatic N) is 2. The molecule has 22 heavy (non-hydrogen) atoms. The van der Waals surface area contributed by atoms with Crippen LogP contribution in [0, 0.1) is 0 Å². The fourth-order valence-electron chi connectivity index (χ4n) is 2.05. The Morgan fingerprint density at radius 2 is 1.77 bits per heavy atom. The third-order valence-corrected chi connectivity index (χ3v) is 4.23. The second kappa shape index (κ2) is 8.85. The second-order valence-corrected chi connectivity index (χ2v) is 6.01. The molecule has 0 saturated carbocycles. The van der Waals surface area contributed by atoms with E-state index in [1.807, 2.05) is 16.7 Å². The minimum absolute atomic E-state index is 0. The molecule has 1 aromatic carbocycles. The number of benzene rings is 1. The lowest BCUT2D eigenvalue weighted by molar-refractivity contribution is -0.137. The third kappa shape index (κ3) is 5.86. The number of halogens is 4. The first-order valence-corrected chi connectivity index (χ1v) is 7.91. The van der Waals surface area contributed by atoms with Crippen LogP contribution in [-0.2, 0) is 12.6 Å². The van der Waals surface area contributed by atoms with Crippen molar-refractivity contribution < 1.29 is 13.2 Å². The van der Waals surface area contributed by atoms with Crippen molar-refractivity contribution in [1.82, 2.24) is 4.90 Å². The van der Waals surface area contributed by atoms with Gasteiger partial charge in [0.1, 0.15) is 0 Å². The first kappa shape index (κ1) is 19.4. The number of hydrogen-bond donors (Lipinski definition) is 1. The summed E-state index contributed by atoms with van der Waals surface area (Å²) in [5.41, 5.74) is 6.11. The van der Waals surface area contributed by atoms with Crippen molar-refractivity contribution in [2.24, 2.45) is 10.7 Å². The zero-order chi connectivity index (χ0) is 15.3. The highest BCUT2D eigenvalue weighted by molar-refractivity contribution is 14.0. The summed E-state index contributed by atoms with van der Waals surface area (Å²) in [5, 5.41) is 0. The average Bonchev–Trinajstić information content (AvgIpc) is 2.47. The Bertz CT molecular complexity index is 485. The highest BCUT2D eigenvalue weighted by Gasteiger charge is 2.29. The number of hydrogen-bond acceptors (Lipinski definition) is 2. The van der Waals surface area contributed by atoms with Crippen molar-refractivity contribution in [3.8, 4) is 0 Å². The normalized spacial score (nSPS) is 16.3. The van der Waals surface area contributed by atoms with Crippen molar-refractivity contribution in [2.75, 3.05) is 31.1 Å². The molecule has 1 heterocycles. The summed E-state index contributed by atoms with van der Waals surface area (Å²) < 4.78 is 37.3. The van der Waals surface area contributed by atoms with Crippen LogP contribution in [0.1, 0.15) is 11.1 Å². The summed E-state index contributed by atoms with van der Waals surface area (Å²) in [5.74, 6) is 2.63. The monoisotopic (exact) mass is 445 g/mol. The summed E-state index contributed by atoms with van der Waals surface area (Å²) >= 11 is 1.90. The van der Waals surface area contributed by atoms with E-state index in [0.29, 0.717) is 18.9 Å². The van der Waals surface area contributed by atoms with Crippen molar-refractivity contribution in [1.29, 1.82) is 0 Å². The molecular formula is C14H19F3IN3S. The Hall–Kier alpha value is -0.640. The van der Waals surface area contributed by atoms with Crippen LogP contribution in [0.3, 0.4) is 0 Å². The molecule has 0 unspecified atom stereocenters. The quantitative estimate of drug-likeness (QED) is 0.442. The fraction of sp³-hybridized carbons (Fsp3) is 0.500. The molecule has 124 valence electrons. The van der Waals surface area contributed by atoms with E-state index in [9.17, 15) is 13.2 Å². The summed E-state index contributed by atoms with van der Waals surface area (Å²) in [4.78, 5) is 6.35. The van der Waals surface area contributed by atoms with Crippen LogP contribution in [0.25, 0.3) is 0 Å². The Kier molecular flexibility index (Phi) is 7.81. The standard InChI is InChI=1S/C14H18F3N3S.HI/c15-14(16,17)12-3-1-11(2-4-12)5-6-19-13(18)20-7-9-21-10-8-20;/h1-4H,5-10H2,(H2,18,19);1H. The van der Waals surface area contributed by atoms with Gasteiger partial charge in [0.25, 0.3) is 0 Å². The van der Waals surface area contributed by atoms with Gasteiger partial charge in [-0.25, -0.2) is 0 Å². The van der Waals surface area contributed by atoms with Crippen LogP contribution in [0.2, 0.25) is 0 Å². The van der Waals surface area contributed by atoms with E-state index in [-0.39, 0.29) is 24.0 Å². The van der Waals surface area contributed by atoms with E-state index >= 15 is 0 Å². The number of rotatable bonds is 3. The van der Waals surface area contributed by atoms with E-state index in [2.05, 4.69) is 4.99 Å². The molecule has 1 aromatic rings. The van der Waals surface area contributed by atoms with Crippen LogP contribution < -0.4 is 5.73 Å². The third-order valence-electron chi connectivity index (χ3n) is 3.29. The summed E-state index contributed by atoms with van der Waals surface area (Å²) in [7, 11) is 0. The van der Waals surface area contributed by atoms with Gasteiger partial charge in [0.15, 0.2) is 5.96 Å². The molecule has 8 heteroatoms. The molecule has 1 saturated heterocycles. The van der Waals surface area contributed by atoms with Gasteiger partial charge in [0.05, 0.1) is 5.56 Å². The number of nitrogens with two attached hydrogens (primary N) is 1. The summed E-state index contributed by atoms with van der Waals surface area (Å²) in [6, 6.07) is 5.19. The fourth-order valence-corrected chi connectivity index (χ4v) is 2.96. The topological polar surface area (TPSA) is 41.6 Å². The average molecular weight is 445 g/mol. The van der Waals surface area contributed by atoms with Crippen LogP contribution in [0.5, 0.6) is 0 Å². The Balaban J connectivity index is 0.00000242. The van der Waals surface area contributed by atoms with E-state index in [0.717, 1.165) is 42.3 Å². The van der Waals surface area contributed by atoms with Gasteiger partial charge in [-0.05, 0) is 24.1 Å². The number of thioether (sulfide) groups is 1. The first-order chi connectivity index (χ1) is 9.97. The van der Waals surface area contributed by atoms with E-state index in [1.165, 1.54) is 12.1 Å². The van der Waals surface area contributed by atoms with Crippen molar-refractivity contribution in [2.45, 2.75) is 12.6 Å². The minimum Gasteiger partial charge on any atom is -0.370 e. The molecule has 0 aliphatic carbocycles. The molecule has 0 atom stereocenters. The molecule has 0 bridgehead atoms. The zero-order valence-corrected chi connectivity index (χ0v) is 15.1. The van der Waals surface area contributed by atoms with Gasteiger partial charge in [-0.15, -0.1) is 24.0 Å². The largest absolute Gasteiger partial charge is 0.416 e. The Morgan fingerprint density at radius 1 is 1.18 bits per heavy atom. The van der Waals surface area contributed by atoms with Crippen LogP contribution in [-0.4, -0.2) is 42.0 Å². The minimum atomic E-state index is -4.28. The van der Waals surface area contributed by atoms with Crippen LogP contribution in [0.4, 0.5) is 13.2 Å². The maximum atomic E-state index is 12.4. The second-order valence-electron chi connectivity index (χ2n) is 4.78. The van der Waals surface area contributed by atoms with E-state index in [1.54, 1.807) is 0 Å². The molecule has 1 fully saturated rings. The van der Waals surface area contributed by atoms with Crippen molar-refractivity contribution >= 4 is 41.7 Å². The van der Waals surface area contributed by atoms with Crippen LogP contribution in [0.15, 0.2) is 29.3 Å². The van der Waals surface area contributed by atoms with Gasteiger partial charge in [-0.2, -0.15) is 24.9 Å². The van der Waals surface area contributed by atoms with E-state index < -0.39 is 11.7 Å². The van der Waals surface area contributed by atoms with Gasteiger partial charge in [-0.1, -0.05) is 12.1 Å². The molecular weight excluding hydrogens is 426 g/mol. The maximum absolute atomic E-state index is 12.4. The molecule has 0 amide bonds. The zero-order valence-electron chi connectivity index (χ0n) is 12.0. The number of guanidine groups is 1. The van der Waals surface area contributed by atoms with Gasteiger partial charge in [0.2, 0.25) is 0 Å². The van der Waals surface area contributed by atoms with Crippen molar-refractivity contribution in [3.05, 3.63) is 35.4 Å². The summed E-state index contributed by atoms with van der Waals surface area (Å²) in [6.45, 7) is 2.29. The van der Waals surface area contributed by atoms with Crippen LogP contribution >= 0.6 is 35.7 Å². The number of aliphatic imine (C=N–C) groups is 1. The molecule has 2 rings (SSSR count). The molecule has 2 N–H and O–H groups in total. The lowest BCUT2D eigenvalue weighted by atomic mass is 10.1. The first-order valence-electron chi connectivity index (χ1n) is 6.75.